The van der Waals surface area contributed by atoms with Gasteiger partial charge in [-0.05, 0) is 35.9 Å². The summed E-state index contributed by atoms with van der Waals surface area (Å²) in [5.74, 6) is -0.966. The Labute approximate surface area is 158 Å². The minimum atomic E-state index is -0.813. The lowest BCUT2D eigenvalue weighted by atomic mass is 10.1. The number of benzene rings is 2. The molecule has 0 saturated heterocycles. The van der Waals surface area contributed by atoms with Crippen molar-refractivity contribution in [3.63, 3.8) is 0 Å². The summed E-state index contributed by atoms with van der Waals surface area (Å²) in [6.45, 7) is 1.27. The molecule has 2 aromatic rings. The third-order valence-electron chi connectivity index (χ3n) is 3.22. The Morgan fingerprint density at radius 1 is 1.26 bits per heavy atom. The van der Waals surface area contributed by atoms with Crippen LogP contribution in [0.2, 0.25) is 5.02 Å². The fourth-order valence-corrected chi connectivity index (χ4v) is 2.23. The van der Waals surface area contributed by atoms with Gasteiger partial charge in [-0.2, -0.15) is 5.26 Å². The van der Waals surface area contributed by atoms with Crippen molar-refractivity contribution < 1.29 is 19.2 Å². The monoisotopic (exact) mass is 385 g/mol. The molecule has 2 aromatic carbocycles. The Morgan fingerprint density at radius 2 is 1.93 bits per heavy atom. The molecule has 2 rings (SSSR count). The fourth-order valence-electron chi connectivity index (χ4n) is 2.06. The number of hydrogen-bond acceptors (Lipinski definition) is 6. The highest BCUT2D eigenvalue weighted by atomic mass is 35.5. The molecule has 8 nitrogen and oxygen atoms in total. The summed E-state index contributed by atoms with van der Waals surface area (Å²) in [6.07, 6.45) is 1.30. The number of nitro benzene ring substituents is 1. The highest BCUT2D eigenvalue weighted by molar-refractivity contribution is 6.31. The first-order chi connectivity index (χ1) is 12.8. The van der Waals surface area contributed by atoms with E-state index in [0.717, 1.165) is 6.07 Å². The highest BCUT2D eigenvalue weighted by Crippen LogP contribution is 2.28. The summed E-state index contributed by atoms with van der Waals surface area (Å²) < 4.78 is 4.89. The van der Waals surface area contributed by atoms with Crippen molar-refractivity contribution in [2.75, 3.05) is 5.32 Å². The number of nitriles is 1. The standard InChI is InChI=1S/C18H12ClN3O5/c1-11(23)27-15-5-2-12(3-6-15)8-13(10-20)18(24)21-16-7-4-14(19)9-17(16)22(25)26/h2-9H,1H3,(H,21,24). The van der Waals surface area contributed by atoms with E-state index in [-0.39, 0.29) is 22.0 Å². The molecule has 0 unspecified atom stereocenters. The van der Waals surface area contributed by atoms with Gasteiger partial charge >= 0.3 is 5.97 Å². The summed E-state index contributed by atoms with van der Waals surface area (Å²) in [6, 6.07) is 11.6. The minimum absolute atomic E-state index is 0.0826. The number of halogens is 1. The molecule has 0 atom stereocenters. The first kappa shape index (κ1) is 19.6. The average molecular weight is 386 g/mol. The van der Waals surface area contributed by atoms with E-state index in [1.165, 1.54) is 37.3 Å². The third kappa shape index (κ3) is 5.39. The molecular weight excluding hydrogens is 374 g/mol. The van der Waals surface area contributed by atoms with Crippen LogP contribution in [0.15, 0.2) is 48.0 Å². The van der Waals surface area contributed by atoms with Crippen molar-refractivity contribution in [1.82, 2.24) is 0 Å². The maximum Gasteiger partial charge on any atom is 0.308 e. The molecule has 0 fully saturated rings. The normalized spacial score (nSPS) is 10.6. The van der Waals surface area contributed by atoms with Crippen molar-refractivity contribution in [2.24, 2.45) is 0 Å². The summed E-state index contributed by atoms with van der Waals surface area (Å²) >= 11 is 5.73. The van der Waals surface area contributed by atoms with Gasteiger partial charge in [0.25, 0.3) is 11.6 Å². The zero-order valence-electron chi connectivity index (χ0n) is 13.9. The van der Waals surface area contributed by atoms with Crippen LogP contribution in [-0.4, -0.2) is 16.8 Å². The lowest BCUT2D eigenvalue weighted by molar-refractivity contribution is -0.383. The SMILES string of the molecule is CC(=O)Oc1ccc(C=C(C#N)C(=O)Nc2ccc(Cl)cc2[N+](=O)[O-])cc1. The van der Waals surface area contributed by atoms with Crippen molar-refractivity contribution in [2.45, 2.75) is 6.92 Å². The van der Waals surface area contributed by atoms with Gasteiger partial charge in [0.2, 0.25) is 0 Å². The number of nitrogens with zero attached hydrogens (tertiary/aromatic N) is 2. The number of nitrogens with one attached hydrogen (secondary N) is 1. The maximum absolute atomic E-state index is 12.3. The molecule has 9 heteroatoms. The fraction of sp³-hybridized carbons (Fsp3) is 0.0556. The van der Waals surface area contributed by atoms with E-state index in [4.69, 9.17) is 16.3 Å². The predicted octanol–water partition coefficient (Wildman–Crippen LogP) is 3.72. The van der Waals surface area contributed by atoms with Crippen LogP contribution in [-0.2, 0) is 9.59 Å². The molecule has 0 aliphatic heterocycles. The van der Waals surface area contributed by atoms with Crippen LogP contribution in [0, 0.1) is 21.4 Å². The van der Waals surface area contributed by atoms with Gasteiger partial charge in [-0.25, -0.2) is 0 Å². The second-order valence-corrected chi connectivity index (χ2v) is 5.64. The number of amides is 1. The van der Waals surface area contributed by atoms with Crippen LogP contribution < -0.4 is 10.1 Å². The first-order valence-corrected chi connectivity index (χ1v) is 7.83. The molecule has 0 spiro atoms. The smallest absolute Gasteiger partial charge is 0.308 e. The zero-order chi connectivity index (χ0) is 20.0. The summed E-state index contributed by atoms with van der Waals surface area (Å²) in [5, 5.41) is 22.8. The Bertz CT molecular complexity index is 977. The highest BCUT2D eigenvalue weighted by Gasteiger charge is 2.18. The van der Waals surface area contributed by atoms with E-state index in [1.807, 2.05) is 0 Å². The molecule has 1 N–H and O–H groups in total. The van der Waals surface area contributed by atoms with Gasteiger partial charge in [-0.15, -0.1) is 0 Å². The third-order valence-corrected chi connectivity index (χ3v) is 3.46. The van der Waals surface area contributed by atoms with Crippen LogP contribution in [0.1, 0.15) is 12.5 Å². The van der Waals surface area contributed by atoms with Crippen LogP contribution in [0.25, 0.3) is 6.08 Å². The largest absolute Gasteiger partial charge is 0.427 e. The molecule has 27 heavy (non-hydrogen) atoms. The van der Waals surface area contributed by atoms with Crippen molar-refractivity contribution in [3.05, 3.63) is 68.7 Å². The first-order valence-electron chi connectivity index (χ1n) is 7.45. The van der Waals surface area contributed by atoms with Gasteiger partial charge < -0.3 is 10.1 Å². The molecule has 0 radical (unpaired) electrons. The number of carbonyl (C=O) groups is 2. The van der Waals surface area contributed by atoms with E-state index in [2.05, 4.69) is 5.32 Å². The quantitative estimate of drug-likeness (QED) is 0.209. The van der Waals surface area contributed by atoms with Crippen molar-refractivity contribution in [3.8, 4) is 11.8 Å². The second kappa shape index (κ2) is 8.60. The average Bonchev–Trinajstić information content (AvgIpc) is 2.61. The van der Waals surface area contributed by atoms with Gasteiger partial charge in [-0.3, -0.25) is 19.7 Å². The minimum Gasteiger partial charge on any atom is -0.427 e. The predicted molar refractivity (Wildman–Crippen MR) is 98.1 cm³/mol. The Balaban J connectivity index is 2.24. The van der Waals surface area contributed by atoms with E-state index in [1.54, 1.807) is 18.2 Å². The number of esters is 1. The van der Waals surface area contributed by atoms with Gasteiger partial charge in [0, 0.05) is 18.0 Å². The molecule has 0 saturated carbocycles. The van der Waals surface area contributed by atoms with E-state index in [9.17, 15) is 25.0 Å². The topological polar surface area (TPSA) is 122 Å². The molecule has 0 heterocycles. The Hall–Kier alpha value is -3.70. The van der Waals surface area contributed by atoms with Crippen LogP contribution in [0.3, 0.4) is 0 Å². The van der Waals surface area contributed by atoms with E-state index >= 15 is 0 Å². The summed E-state index contributed by atoms with van der Waals surface area (Å²) in [5.41, 5.74) is -0.234. The zero-order valence-corrected chi connectivity index (χ0v) is 14.7. The lowest BCUT2D eigenvalue weighted by Gasteiger charge is -2.06. The van der Waals surface area contributed by atoms with Gasteiger partial charge in [0.05, 0.1) is 4.92 Å². The molecule has 1 amide bonds. The van der Waals surface area contributed by atoms with Crippen LogP contribution in [0.5, 0.6) is 5.75 Å². The number of carbonyl (C=O) groups excluding carboxylic acids is 2. The number of hydrogen-bond donors (Lipinski definition) is 1. The number of nitro groups is 1. The molecular formula is C18H12ClN3O5. The summed E-state index contributed by atoms with van der Waals surface area (Å²) in [7, 11) is 0. The van der Waals surface area contributed by atoms with Gasteiger partial charge in [0.1, 0.15) is 23.1 Å². The van der Waals surface area contributed by atoms with Crippen LogP contribution >= 0.6 is 11.6 Å². The number of rotatable bonds is 5. The van der Waals surface area contributed by atoms with Crippen LogP contribution in [0.4, 0.5) is 11.4 Å². The molecule has 0 aromatic heterocycles. The van der Waals surface area contributed by atoms with Crippen molar-refractivity contribution in [1.29, 1.82) is 5.26 Å². The van der Waals surface area contributed by atoms with E-state index < -0.39 is 16.8 Å². The van der Waals surface area contributed by atoms with Crippen molar-refractivity contribution >= 4 is 40.9 Å². The lowest BCUT2D eigenvalue weighted by Crippen LogP contribution is -2.14. The Morgan fingerprint density at radius 3 is 2.48 bits per heavy atom. The van der Waals surface area contributed by atoms with Gasteiger partial charge in [0.15, 0.2) is 0 Å². The Kier molecular flexibility index (Phi) is 6.25. The second-order valence-electron chi connectivity index (χ2n) is 5.21. The van der Waals surface area contributed by atoms with Gasteiger partial charge in [-0.1, -0.05) is 23.7 Å². The van der Waals surface area contributed by atoms with E-state index in [0.29, 0.717) is 11.3 Å². The summed E-state index contributed by atoms with van der Waals surface area (Å²) in [4.78, 5) is 33.6. The maximum atomic E-state index is 12.3. The number of anilines is 1. The number of ether oxygens (including phenoxy) is 1. The molecule has 0 aliphatic rings. The molecule has 0 bridgehead atoms. The molecule has 0 aliphatic carbocycles. The molecule has 136 valence electrons.